The smallest absolute Gasteiger partial charge is 0.120 e. The van der Waals surface area contributed by atoms with Crippen LogP contribution in [0.1, 0.15) is 30.9 Å². The van der Waals surface area contributed by atoms with Crippen molar-refractivity contribution in [3.05, 3.63) is 53.6 Å². The van der Waals surface area contributed by atoms with Crippen molar-refractivity contribution < 1.29 is 4.74 Å². The summed E-state index contributed by atoms with van der Waals surface area (Å²) >= 11 is 0. The Morgan fingerprint density at radius 1 is 1.00 bits per heavy atom. The molecule has 0 aliphatic carbocycles. The average Bonchev–Trinajstić information content (AvgIpc) is 2.61. The first-order valence-electron chi connectivity index (χ1n) is 8.87. The highest BCUT2D eigenvalue weighted by atomic mass is 32.2. The molecule has 1 atom stereocenters. The first kappa shape index (κ1) is 15.9. The van der Waals surface area contributed by atoms with E-state index in [2.05, 4.69) is 61.3 Å². The zero-order chi connectivity index (χ0) is 16.5. The molecule has 0 aromatic heterocycles. The van der Waals surface area contributed by atoms with E-state index >= 15 is 0 Å². The molecule has 2 heterocycles. The molecule has 4 rings (SSSR count). The number of fused-ring (bicyclic) bond motifs is 2. The maximum Gasteiger partial charge on any atom is 0.120 e. The number of ether oxygens (including phenoxy) is 1. The van der Waals surface area contributed by atoms with E-state index in [-0.39, 0.29) is 10.5 Å². The molecule has 2 aromatic rings. The predicted octanol–water partition coefficient (Wildman–Crippen LogP) is 4.57. The highest BCUT2D eigenvalue weighted by Gasteiger charge is 2.24. The van der Waals surface area contributed by atoms with Crippen molar-refractivity contribution in [2.45, 2.75) is 36.0 Å². The molecule has 2 aliphatic heterocycles. The van der Waals surface area contributed by atoms with Crippen LogP contribution in [0.15, 0.2) is 52.3 Å². The number of likely N-dealkylation sites (tertiary alicyclic amines) is 1. The molecule has 0 N–H and O–H groups in total. The Morgan fingerprint density at radius 2 is 1.75 bits per heavy atom. The largest absolute Gasteiger partial charge is 0.494 e. The standard InChI is InChI=1S/C21H25NOS/c1-3-23-18-9-8-17-14-16-6-4-5-7-20(16)24(21(17)15-18)19-10-12-22(2)13-11-19/h4-9,15H,3,10-14H2,1-2H3. The zero-order valence-corrected chi connectivity index (χ0v) is 15.4. The summed E-state index contributed by atoms with van der Waals surface area (Å²) in [5, 5.41) is 0. The maximum atomic E-state index is 5.80. The van der Waals surface area contributed by atoms with Crippen molar-refractivity contribution in [2.24, 2.45) is 0 Å². The van der Waals surface area contributed by atoms with Gasteiger partial charge in [0.25, 0.3) is 0 Å². The molecule has 1 unspecified atom stereocenters. The lowest BCUT2D eigenvalue weighted by molar-refractivity contribution is 0.338. The normalized spacial score (nSPS) is 20.4. The first-order valence-corrected chi connectivity index (χ1v) is 10.1. The fourth-order valence-corrected chi connectivity index (χ4v) is 6.39. The van der Waals surface area contributed by atoms with E-state index in [1.165, 1.54) is 42.0 Å². The van der Waals surface area contributed by atoms with Crippen LogP contribution in [-0.2, 0) is 6.42 Å². The number of hydrogen-bond acceptors (Lipinski definition) is 2. The minimum absolute atomic E-state index is 0.100. The summed E-state index contributed by atoms with van der Waals surface area (Å²) < 4.78 is 5.80. The van der Waals surface area contributed by atoms with Gasteiger partial charge in [-0.1, -0.05) is 24.3 Å². The average molecular weight is 340 g/mol. The van der Waals surface area contributed by atoms with E-state index in [1.54, 1.807) is 9.76 Å². The fourth-order valence-electron chi connectivity index (χ4n) is 3.68. The highest BCUT2D eigenvalue weighted by Crippen LogP contribution is 2.48. The van der Waals surface area contributed by atoms with Crippen LogP contribution in [-0.4, -0.2) is 36.5 Å². The van der Waals surface area contributed by atoms with Crippen LogP contribution < -0.4 is 4.74 Å². The number of piperidine rings is 1. The quantitative estimate of drug-likeness (QED) is 0.634. The first-order chi connectivity index (χ1) is 11.8. The van der Waals surface area contributed by atoms with Crippen molar-refractivity contribution >= 4 is 15.3 Å². The second kappa shape index (κ2) is 6.73. The van der Waals surface area contributed by atoms with Crippen molar-refractivity contribution in [3.63, 3.8) is 0 Å². The van der Waals surface area contributed by atoms with E-state index in [9.17, 15) is 0 Å². The molecule has 126 valence electrons. The van der Waals surface area contributed by atoms with Crippen LogP contribution >= 0.6 is 10.5 Å². The van der Waals surface area contributed by atoms with Crippen LogP contribution in [0.5, 0.6) is 5.75 Å². The topological polar surface area (TPSA) is 12.5 Å². The van der Waals surface area contributed by atoms with Gasteiger partial charge in [0, 0.05) is 22.9 Å². The Balaban J connectivity index is 1.88. The summed E-state index contributed by atoms with van der Waals surface area (Å²) in [5.41, 5.74) is 2.98. The summed E-state index contributed by atoms with van der Waals surface area (Å²) in [6, 6.07) is 15.8. The van der Waals surface area contributed by atoms with Crippen molar-refractivity contribution in [1.29, 1.82) is 0 Å². The summed E-state index contributed by atoms with van der Waals surface area (Å²) in [7, 11) is 2.33. The molecule has 3 heteroatoms. The third-order valence-corrected chi connectivity index (χ3v) is 7.62. The summed E-state index contributed by atoms with van der Waals surface area (Å²) in [5.74, 6) is 1.02. The molecule has 0 amide bonds. The van der Waals surface area contributed by atoms with E-state index in [0.717, 1.165) is 18.8 Å². The Morgan fingerprint density at radius 3 is 2.54 bits per heavy atom. The Kier molecular flexibility index (Phi) is 4.47. The van der Waals surface area contributed by atoms with E-state index in [4.69, 9.17) is 4.74 Å². The van der Waals surface area contributed by atoms with Crippen LogP contribution in [0.25, 0.3) is 0 Å². The van der Waals surface area contributed by atoms with Gasteiger partial charge in [0.05, 0.1) is 6.61 Å². The van der Waals surface area contributed by atoms with Gasteiger partial charge in [-0.2, -0.15) is 0 Å². The van der Waals surface area contributed by atoms with Gasteiger partial charge >= 0.3 is 0 Å². The number of hydrogen-bond donors (Lipinski definition) is 0. The van der Waals surface area contributed by atoms with E-state index < -0.39 is 0 Å². The van der Waals surface area contributed by atoms with Gasteiger partial charge in [0.1, 0.15) is 5.75 Å². The SMILES string of the molecule is CCOc1ccc2c(c1)S(=C1CCN(C)CC1)c1ccccc1C2. The monoisotopic (exact) mass is 339 g/mol. The number of benzene rings is 2. The summed E-state index contributed by atoms with van der Waals surface area (Å²) in [6.45, 7) is 5.15. The molecule has 1 fully saturated rings. The van der Waals surface area contributed by atoms with Crippen molar-refractivity contribution in [2.75, 3.05) is 26.7 Å². The lowest BCUT2D eigenvalue weighted by atomic mass is 10.0. The molecule has 0 spiro atoms. The second-order valence-corrected chi connectivity index (χ2v) is 8.70. The highest BCUT2D eigenvalue weighted by molar-refractivity contribution is 8.16. The molecule has 0 radical (unpaired) electrons. The van der Waals surface area contributed by atoms with Crippen LogP contribution in [0.2, 0.25) is 0 Å². The van der Waals surface area contributed by atoms with Gasteiger partial charge in [-0.15, -0.1) is 10.5 Å². The van der Waals surface area contributed by atoms with Gasteiger partial charge in [0.15, 0.2) is 0 Å². The molecule has 2 nitrogen and oxygen atoms in total. The molecular weight excluding hydrogens is 314 g/mol. The third kappa shape index (κ3) is 2.91. The molecule has 2 aromatic carbocycles. The van der Waals surface area contributed by atoms with Crippen molar-refractivity contribution in [1.82, 2.24) is 4.90 Å². The van der Waals surface area contributed by atoms with Gasteiger partial charge in [-0.25, -0.2) is 0 Å². The van der Waals surface area contributed by atoms with Gasteiger partial charge in [-0.3, -0.25) is 0 Å². The third-order valence-electron chi connectivity index (χ3n) is 4.98. The molecular formula is C21H25NOS. The lowest BCUT2D eigenvalue weighted by Crippen LogP contribution is -2.30. The minimum atomic E-state index is 0.100. The van der Waals surface area contributed by atoms with Gasteiger partial charge in [0.2, 0.25) is 0 Å². The minimum Gasteiger partial charge on any atom is -0.494 e. The van der Waals surface area contributed by atoms with Crippen molar-refractivity contribution in [3.8, 4) is 5.75 Å². The van der Waals surface area contributed by atoms with E-state index in [1.807, 2.05) is 0 Å². The predicted molar refractivity (Wildman–Crippen MR) is 103 cm³/mol. The van der Waals surface area contributed by atoms with Gasteiger partial charge < -0.3 is 9.64 Å². The Labute approximate surface area is 147 Å². The Bertz CT molecular complexity index is 786. The van der Waals surface area contributed by atoms with Crippen LogP contribution in [0, 0.1) is 0 Å². The summed E-state index contributed by atoms with van der Waals surface area (Å²) in [6.07, 6.45) is 3.48. The molecule has 24 heavy (non-hydrogen) atoms. The van der Waals surface area contributed by atoms with Gasteiger partial charge in [-0.05, 0) is 67.4 Å². The lowest BCUT2D eigenvalue weighted by Gasteiger charge is -2.31. The molecule has 0 bridgehead atoms. The molecule has 2 aliphatic rings. The fraction of sp³-hybridized carbons (Fsp3) is 0.381. The number of nitrogens with zero attached hydrogens (tertiary/aromatic N) is 1. The summed E-state index contributed by atoms with van der Waals surface area (Å²) in [4.78, 5) is 7.20. The Hall–Kier alpha value is -1.58. The van der Waals surface area contributed by atoms with E-state index in [0.29, 0.717) is 0 Å². The van der Waals surface area contributed by atoms with Crippen LogP contribution in [0.3, 0.4) is 0 Å². The molecule has 0 saturated carbocycles. The second-order valence-electron chi connectivity index (χ2n) is 6.64. The zero-order valence-electron chi connectivity index (χ0n) is 14.5. The number of rotatable bonds is 2. The molecule has 1 saturated heterocycles. The van der Waals surface area contributed by atoms with Crippen LogP contribution in [0.4, 0.5) is 0 Å². The maximum absolute atomic E-state index is 5.80.